The molecule has 21 heavy (non-hydrogen) atoms. The third-order valence-electron chi connectivity index (χ3n) is 3.46. The lowest BCUT2D eigenvalue weighted by atomic mass is 10.1. The van der Waals surface area contributed by atoms with Crippen LogP contribution in [0, 0.1) is 19.7 Å². The Kier molecular flexibility index (Phi) is 4.68. The fourth-order valence-corrected chi connectivity index (χ4v) is 2.62. The van der Waals surface area contributed by atoms with Crippen molar-refractivity contribution in [1.29, 1.82) is 0 Å². The van der Waals surface area contributed by atoms with Crippen LogP contribution in [0.4, 0.5) is 4.39 Å². The van der Waals surface area contributed by atoms with Gasteiger partial charge in [0.05, 0.1) is 5.02 Å². The average Bonchev–Trinajstić information content (AvgIpc) is 2.72. The molecule has 0 aliphatic heterocycles. The second kappa shape index (κ2) is 6.31. The van der Waals surface area contributed by atoms with Crippen molar-refractivity contribution in [3.63, 3.8) is 0 Å². The van der Waals surface area contributed by atoms with Crippen LogP contribution in [0.15, 0.2) is 24.3 Å². The van der Waals surface area contributed by atoms with Crippen LogP contribution in [-0.2, 0) is 6.54 Å². The number of benzene rings is 1. The largest absolute Gasteiger partial charge is 0.481 e. The first-order chi connectivity index (χ1) is 9.95. The molecule has 5 heteroatoms. The van der Waals surface area contributed by atoms with Gasteiger partial charge in [0.25, 0.3) is 0 Å². The summed E-state index contributed by atoms with van der Waals surface area (Å²) in [6, 6.07) is 6.08. The van der Waals surface area contributed by atoms with E-state index in [4.69, 9.17) is 16.3 Å². The predicted octanol–water partition coefficient (Wildman–Crippen LogP) is 4.18. The molecule has 0 radical (unpaired) electrons. The summed E-state index contributed by atoms with van der Waals surface area (Å²) in [5, 5.41) is 0.154. The van der Waals surface area contributed by atoms with Crippen molar-refractivity contribution in [2.24, 2.45) is 0 Å². The number of carbonyl (C=O) groups excluding carboxylic acids is 1. The van der Waals surface area contributed by atoms with Crippen molar-refractivity contribution in [2.45, 2.75) is 27.3 Å². The number of aryl methyl sites for hydroxylation is 1. The highest BCUT2D eigenvalue weighted by Crippen LogP contribution is 2.27. The average molecular weight is 310 g/mol. The summed E-state index contributed by atoms with van der Waals surface area (Å²) >= 11 is 5.86. The molecule has 0 fully saturated rings. The fraction of sp³-hybridized carbons (Fsp3) is 0.312. The van der Waals surface area contributed by atoms with Gasteiger partial charge in [-0.15, -0.1) is 0 Å². The Bertz CT molecular complexity index is 659. The molecule has 0 aliphatic rings. The first-order valence-electron chi connectivity index (χ1n) is 6.72. The zero-order valence-corrected chi connectivity index (χ0v) is 13.0. The van der Waals surface area contributed by atoms with Crippen molar-refractivity contribution in [3.05, 3.63) is 52.1 Å². The molecule has 0 bridgehead atoms. The number of rotatable bonds is 5. The van der Waals surface area contributed by atoms with Gasteiger partial charge in [-0.3, -0.25) is 4.79 Å². The smallest absolute Gasteiger partial charge is 0.202 e. The lowest BCUT2D eigenvalue weighted by Gasteiger charge is -2.09. The van der Waals surface area contributed by atoms with Crippen molar-refractivity contribution in [3.8, 4) is 5.75 Å². The molecule has 0 N–H and O–H groups in total. The molecular weight excluding hydrogens is 293 g/mol. The third kappa shape index (κ3) is 3.10. The van der Waals surface area contributed by atoms with Crippen molar-refractivity contribution < 1.29 is 13.9 Å². The van der Waals surface area contributed by atoms with Gasteiger partial charge in [-0.1, -0.05) is 17.7 Å². The quantitative estimate of drug-likeness (QED) is 0.776. The van der Waals surface area contributed by atoms with E-state index in [1.165, 1.54) is 18.2 Å². The van der Waals surface area contributed by atoms with Crippen LogP contribution in [0.3, 0.4) is 0 Å². The van der Waals surface area contributed by atoms with E-state index in [0.717, 1.165) is 17.9 Å². The Morgan fingerprint density at radius 2 is 2.10 bits per heavy atom. The van der Waals surface area contributed by atoms with E-state index in [2.05, 4.69) is 0 Å². The van der Waals surface area contributed by atoms with E-state index in [-0.39, 0.29) is 23.2 Å². The zero-order chi connectivity index (χ0) is 15.6. The molecule has 0 amide bonds. The number of halogens is 2. The van der Waals surface area contributed by atoms with Gasteiger partial charge >= 0.3 is 0 Å². The van der Waals surface area contributed by atoms with Gasteiger partial charge in [0.15, 0.2) is 18.2 Å². The Hall–Kier alpha value is -1.81. The number of nitrogens with zero attached hydrogens (tertiary/aromatic N) is 1. The molecule has 0 aliphatic carbocycles. The monoisotopic (exact) mass is 309 g/mol. The van der Waals surface area contributed by atoms with E-state index in [0.29, 0.717) is 5.56 Å². The summed E-state index contributed by atoms with van der Waals surface area (Å²) in [5.74, 6) is -0.853. The number of para-hydroxylation sites is 1. The molecule has 3 nitrogen and oxygen atoms in total. The maximum absolute atomic E-state index is 13.6. The Morgan fingerprint density at radius 1 is 1.38 bits per heavy atom. The van der Waals surface area contributed by atoms with Crippen LogP contribution >= 0.6 is 11.6 Å². The lowest BCUT2D eigenvalue weighted by molar-refractivity contribution is 0.0918. The molecule has 0 spiro atoms. The Labute approximate surface area is 128 Å². The van der Waals surface area contributed by atoms with Crippen LogP contribution in [0.5, 0.6) is 5.75 Å². The minimum Gasteiger partial charge on any atom is -0.481 e. The molecule has 112 valence electrons. The predicted molar refractivity (Wildman–Crippen MR) is 80.8 cm³/mol. The molecule has 1 heterocycles. The van der Waals surface area contributed by atoms with Gasteiger partial charge in [-0.2, -0.15) is 0 Å². The highest BCUT2D eigenvalue weighted by Gasteiger charge is 2.17. The van der Waals surface area contributed by atoms with Crippen molar-refractivity contribution in [2.75, 3.05) is 6.61 Å². The SMILES string of the molecule is CCn1c(C)cc(C(=O)COc2c(F)cccc2Cl)c1C. The number of ketones is 1. The number of carbonyl (C=O) groups is 1. The minimum absolute atomic E-state index is 0.0863. The Balaban J connectivity index is 2.16. The van der Waals surface area contributed by atoms with Gasteiger partial charge in [0.1, 0.15) is 0 Å². The lowest BCUT2D eigenvalue weighted by Crippen LogP contribution is -2.13. The molecule has 2 rings (SSSR count). The number of Topliss-reactive ketones (excluding diaryl/α,β-unsaturated/α-hetero) is 1. The summed E-state index contributed by atoms with van der Waals surface area (Å²) in [7, 11) is 0. The van der Waals surface area contributed by atoms with Gasteiger partial charge in [0, 0.05) is 23.5 Å². The van der Waals surface area contributed by atoms with Crippen molar-refractivity contribution in [1.82, 2.24) is 4.57 Å². The molecular formula is C16H17ClFNO2. The molecule has 0 atom stereocenters. The van der Waals surface area contributed by atoms with Crippen LogP contribution < -0.4 is 4.74 Å². The summed E-state index contributed by atoms with van der Waals surface area (Å²) in [4.78, 5) is 12.2. The normalized spacial score (nSPS) is 10.7. The number of ether oxygens (including phenoxy) is 1. The maximum atomic E-state index is 13.6. The van der Waals surface area contributed by atoms with Crippen LogP contribution in [0.2, 0.25) is 5.02 Å². The number of hydrogen-bond donors (Lipinski definition) is 0. The zero-order valence-electron chi connectivity index (χ0n) is 12.2. The summed E-state index contributed by atoms with van der Waals surface area (Å²) < 4.78 is 20.9. The fourth-order valence-electron chi connectivity index (χ4n) is 2.41. The Morgan fingerprint density at radius 3 is 2.67 bits per heavy atom. The van der Waals surface area contributed by atoms with Gasteiger partial charge in [0.2, 0.25) is 5.78 Å². The maximum Gasteiger partial charge on any atom is 0.202 e. The number of aromatic nitrogens is 1. The van der Waals surface area contributed by atoms with E-state index < -0.39 is 5.82 Å². The second-order valence-electron chi connectivity index (χ2n) is 4.79. The van der Waals surface area contributed by atoms with Crippen molar-refractivity contribution >= 4 is 17.4 Å². The van der Waals surface area contributed by atoms with Crippen LogP contribution in [-0.4, -0.2) is 17.0 Å². The molecule has 0 saturated heterocycles. The topological polar surface area (TPSA) is 31.2 Å². The highest BCUT2D eigenvalue weighted by atomic mass is 35.5. The van der Waals surface area contributed by atoms with E-state index in [1.807, 2.05) is 31.4 Å². The summed E-state index contributed by atoms with van der Waals surface area (Å²) in [6.45, 7) is 6.41. The summed E-state index contributed by atoms with van der Waals surface area (Å²) in [6.07, 6.45) is 0. The molecule has 2 aromatic rings. The van der Waals surface area contributed by atoms with Crippen LogP contribution in [0.25, 0.3) is 0 Å². The molecule has 0 saturated carbocycles. The molecule has 0 unspecified atom stereocenters. The van der Waals surface area contributed by atoms with Gasteiger partial charge in [-0.25, -0.2) is 4.39 Å². The van der Waals surface area contributed by atoms with Gasteiger partial charge < -0.3 is 9.30 Å². The number of hydrogen-bond acceptors (Lipinski definition) is 2. The van der Waals surface area contributed by atoms with E-state index in [9.17, 15) is 9.18 Å². The third-order valence-corrected chi connectivity index (χ3v) is 3.75. The second-order valence-corrected chi connectivity index (χ2v) is 5.20. The highest BCUT2D eigenvalue weighted by molar-refractivity contribution is 6.32. The summed E-state index contributed by atoms with van der Waals surface area (Å²) in [5.41, 5.74) is 2.51. The van der Waals surface area contributed by atoms with Crippen LogP contribution in [0.1, 0.15) is 28.7 Å². The van der Waals surface area contributed by atoms with E-state index in [1.54, 1.807) is 0 Å². The molecule has 1 aromatic carbocycles. The standard InChI is InChI=1S/C16H17ClFNO2/c1-4-19-10(2)8-12(11(19)3)15(20)9-21-16-13(17)6-5-7-14(16)18/h5-8H,4,9H2,1-3H3. The molecule has 1 aromatic heterocycles. The van der Waals surface area contributed by atoms with E-state index >= 15 is 0 Å². The minimum atomic E-state index is -0.575. The first-order valence-corrected chi connectivity index (χ1v) is 7.10. The van der Waals surface area contributed by atoms with Gasteiger partial charge in [-0.05, 0) is 39.0 Å². The first kappa shape index (κ1) is 15.6.